The molecule has 3 aromatic heterocycles. The average molecular weight is 541 g/mol. The number of amides is 1. The van der Waals surface area contributed by atoms with Crippen molar-refractivity contribution < 1.29 is 9.53 Å². The van der Waals surface area contributed by atoms with Gasteiger partial charge in [0.25, 0.3) is 5.56 Å². The first kappa shape index (κ1) is 28.8. The number of hydrogen-bond acceptors (Lipinski definition) is 7. The number of nitrogens with one attached hydrogen (secondary N) is 1. The Kier molecular flexibility index (Phi) is 8.61. The molecule has 0 saturated carbocycles. The molecule has 3 aromatic rings. The predicted octanol–water partition coefficient (Wildman–Crippen LogP) is 3.82. The standard InChI is InChI=1S/C27H36N6O4S/c1-10-20(37-9)19(15-16(2)3)11-13-31-24-21(18(6)23(38-24)32-14-12-28-30-32)22(34)33(26(31)36)27(7,8)25(35)29-17(4)5/h10,12,14-15,17H,1,11,13H2,2-9H3,(H,29,35)/b20-19+. The first-order valence-electron chi connectivity index (χ1n) is 12.4. The Morgan fingerprint density at radius 2 is 1.97 bits per heavy atom. The lowest BCUT2D eigenvalue weighted by Gasteiger charge is -2.27. The van der Waals surface area contributed by atoms with Gasteiger partial charge in [0.15, 0.2) is 0 Å². The van der Waals surface area contributed by atoms with Gasteiger partial charge in [-0.3, -0.25) is 14.2 Å². The molecule has 0 spiro atoms. The topological polar surface area (TPSA) is 113 Å². The second-order valence-electron chi connectivity index (χ2n) is 10.1. The zero-order valence-corrected chi connectivity index (χ0v) is 24.1. The molecule has 0 aliphatic rings. The zero-order valence-electron chi connectivity index (χ0n) is 23.3. The number of allylic oxidation sites excluding steroid dienone is 4. The van der Waals surface area contributed by atoms with Crippen molar-refractivity contribution in [1.29, 1.82) is 0 Å². The SMILES string of the molecule is C=C/C(OC)=C(\C=C(C)C)CCn1c(=O)n(C(C)(C)C(=O)NC(C)C)c(=O)c2c(C)c(-n3ccnn3)sc21. The normalized spacial score (nSPS) is 12.4. The van der Waals surface area contributed by atoms with E-state index in [1.54, 1.807) is 48.7 Å². The largest absolute Gasteiger partial charge is 0.496 e. The number of fused-ring (bicyclic) bond motifs is 1. The van der Waals surface area contributed by atoms with Crippen molar-refractivity contribution >= 4 is 27.5 Å². The van der Waals surface area contributed by atoms with E-state index in [2.05, 4.69) is 22.2 Å². The minimum absolute atomic E-state index is 0.159. The van der Waals surface area contributed by atoms with Crippen LogP contribution in [0.15, 0.2) is 57.6 Å². The fourth-order valence-electron chi connectivity index (χ4n) is 4.29. The number of methoxy groups -OCH3 is 1. The summed E-state index contributed by atoms with van der Waals surface area (Å²) in [6, 6.07) is -0.159. The minimum Gasteiger partial charge on any atom is -0.496 e. The van der Waals surface area contributed by atoms with E-state index in [-0.39, 0.29) is 12.6 Å². The number of carbonyl (C=O) groups is 1. The Balaban J connectivity index is 2.35. The van der Waals surface area contributed by atoms with E-state index in [9.17, 15) is 14.4 Å². The third-order valence-electron chi connectivity index (χ3n) is 6.14. The molecule has 0 fully saturated rings. The maximum atomic E-state index is 14.0. The number of aryl methyl sites for hydroxylation is 2. The molecule has 1 amide bonds. The van der Waals surface area contributed by atoms with Crippen molar-refractivity contribution in [3.63, 3.8) is 0 Å². The Morgan fingerprint density at radius 1 is 1.29 bits per heavy atom. The van der Waals surface area contributed by atoms with Crippen LogP contribution in [0.4, 0.5) is 0 Å². The highest BCUT2D eigenvalue weighted by Crippen LogP contribution is 2.31. The summed E-state index contributed by atoms with van der Waals surface area (Å²) < 4.78 is 9.71. The summed E-state index contributed by atoms with van der Waals surface area (Å²) in [6.07, 6.45) is 7.28. The quantitative estimate of drug-likeness (QED) is 0.309. The van der Waals surface area contributed by atoms with E-state index < -0.39 is 22.7 Å². The molecule has 0 radical (unpaired) electrons. The molecule has 1 N–H and O–H groups in total. The van der Waals surface area contributed by atoms with E-state index in [0.29, 0.717) is 33.0 Å². The molecule has 11 heteroatoms. The highest BCUT2D eigenvalue weighted by molar-refractivity contribution is 7.21. The zero-order chi connectivity index (χ0) is 28.4. The van der Waals surface area contributed by atoms with Crippen LogP contribution >= 0.6 is 11.3 Å². The molecule has 0 aliphatic heterocycles. The van der Waals surface area contributed by atoms with Crippen molar-refractivity contribution in [2.24, 2.45) is 0 Å². The number of aromatic nitrogens is 5. The highest BCUT2D eigenvalue weighted by Gasteiger charge is 2.35. The lowest BCUT2D eigenvalue weighted by atomic mass is 10.0. The number of carbonyl (C=O) groups excluding carboxylic acids is 1. The van der Waals surface area contributed by atoms with Crippen molar-refractivity contribution in [3.05, 3.63) is 74.4 Å². The van der Waals surface area contributed by atoms with Crippen molar-refractivity contribution in [1.82, 2.24) is 29.4 Å². The lowest BCUT2D eigenvalue weighted by molar-refractivity contribution is -0.129. The molecule has 38 heavy (non-hydrogen) atoms. The molecule has 0 bridgehead atoms. The maximum absolute atomic E-state index is 14.0. The lowest BCUT2D eigenvalue weighted by Crippen LogP contribution is -2.56. The van der Waals surface area contributed by atoms with Crippen molar-refractivity contribution in [3.8, 4) is 5.00 Å². The van der Waals surface area contributed by atoms with Gasteiger partial charge in [-0.2, -0.15) is 0 Å². The summed E-state index contributed by atoms with van der Waals surface area (Å²) >= 11 is 1.29. The van der Waals surface area contributed by atoms with Gasteiger partial charge in [-0.05, 0) is 66.5 Å². The van der Waals surface area contributed by atoms with Crippen LogP contribution in [0.3, 0.4) is 0 Å². The minimum atomic E-state index is -1.44. The van der Waals surface area contributed by atoms with Crippen LogP contribution in [-0.4, -0.2) is 43.2 Å². The Hall–Kier alpha value is -3.73. The number of thiophene rings is 1. The first-order valence-corrected chi connectivity index (χ1v) is 13.2. The van der Waals surface area contributed by atoms with E-state index in [0.717, 1.165) is 15.7 Å². The Bertz CT molecular complexity index is 1530. The summed E-state index contributed by atoms with van der Waals surface area (Å²) in [5.41, 5.74) is 0.0634. The average Bonchev–Trinajstić information content (AvgIpc) is 3.46. The predicted molar refractivity (Wildman–Crippen MR) is 151 cm³/mol. The molecular formula is C27H36N6O4S. The van der Waals surface area contributed by atoms with Crippen molar-refractivity contribution in [2.75, 3.05) is 7.11 Å². The molecule has 0 aliphatic carbocycles. The van der Waals surface area contributed by atoms with E-state index in [4.69, 9.17) is 4.74 Å². The molecule has 0 aromatic carbocycles. The smallest absolute Gasteiger partial charge is 0.333 e. The molecule has 3 heterocycles. The van der Waals surface area contributed by atoms with Gasteiger partial charge >= 0.3 is 5.69 Å². The van der Waals surface area contributed by atoms with Gasteiger partial charge < -0.3 is 10.1 Å². The third-order valence-corrected chi connectivity index (χ3v) is 7.45. The van der Waals surface area contributed by atoms with Gasteiger partial charge in [0, 0.05) is 18.2 Å². The van der Waals surface area contributed by atoms with Crippen molar-refractivity contribution in [2.45, 2.75) is 73.0 Å². The number of rotatable bonds is 10. The fourth-order valence-corrected chi connectivity index (χ4v) is 5.54. The molecule has 10 nitrogen and oxygen atoms in total. The second kappa shape index (κ2) is 11.3. The molecular weight excluding hydrogens is 504 g/mol. The monoisotopic (exact) mass is 540 g/mol. The van der Waals surface area contributed by atoms with Gasteiger partial charge in [0.1, 0.15) is 21.1 Å². The summed E-state index contributed by atoms with van der Waals surface area (Å²) in [6.45, 7) is 16.7. The van der Waals surface area contributed by atoms with Crippen LogP contribution in [0.5, 0.6) is 0 Å². The molecule has 0 atom stereocenters. The van der Waals surface area contributed by atoms with Crippen LogP contribution in [0.25, 0.3) is 15.2 Å². The Labute approximate surface area is 225 Å². The number of nitrogens with zero attached hydrogens (tertiary/aromatic N) is 5. The van der Waals surface area contributed by atoms with Gasteiger partial charge in [0.05, 0.1) is 24.9 Å². The first-order chi connectivity index (χ1) is 17.8. The van der Waals surface area contributed by atoms with Crippen LogP contribution in [0, 0.1) is 6.92 Å². The molecule has 0 saturated heterocycles. The van der Waals surface area contributed by atoms with E-state index in [1.165, 1.54) is 11.3 Å². The molecule has 204 valence electrons. The second-order valence-corrected chi connectivity index (χ2v) is 11.1. The summed E-state index contributed by atoms with van der Waals surface area (Å²) in [5, 5.41) is 11.8. The third kappa shape index (κ3) is 5.42. The van der Waals surface area contributed by atoms with Gasteiger partial charge in [-0.25, -0.2) is 14.0 Å². The van der Waals surface area contributed by atoms with Crippen LogP contribution in [0.1, 0.15) is 53.5 Å². The Morgan fingerprint density at radius 3 is 2.50 bits per heavy atom. The van der Waals surface area contributed by atoms with Gasteiger partial charge in [0.2, 0.25) is 5.91 Å². The number of hydrogen-bond donors (Lipinski definition) is 1. The molecule has 3 rings (SSSR count). The summed E-state index contributed by atoms with van der Waals surface area (Å²) in [7, 11) is 1.57. The maximum Gasteiger partial charge on any atom is 0.333 e. The van der Waals surface area contributed by atoms with Gasteiger partial charge in [-0.1, -0.05) is 34.8 Å². The van der Waals surface area contributed by atoms with Crippen LogP contribution < -0.4 is 16.6 Å². The summed E-state index contributed by atoms with van der Waals surface area (Å²) in [5.74, 6) is 0.187. The summed E-state index contributed by atoms with van der Waals surface area (Å²) in [4.78, 5) is 41.6. The van der Waals surface area contributed by atoms with Gasteiger partial charge in [-0.15, -0.1) is 5.10 Å². The molecule has 0 unspecified atom stereocenters. The van der Waals surface area contributed by atoms with Crippen LogP contribution in [-0.2, 0) is 21.6 Å². The fraction of sp³-hybridized carbons (Fsp3) is 0.444. The van der Waals surface area contributed by atoms with E-state index >= 15 is 0 Å². The van der Waals surface area contributed by atoms with Crippen LogP contribution in [0.2, 0.25) is 0 Å². The highest BCUT2D eigenvalue weighted by atomic mass is 32.1. The van der Waals surface area contributed by atoms with E-state index in [1.807, 2.05) is 40.7 Å². The number of ether oxygens (including phenoxy) is 1.